The number of halogens is 1. The first-order chi connectivity index (χ1) is 8.66. The van der Waals surface area contributed by atoms with E-state index < -0.39 is 0 Å². The van der Waals surface area contributed by atoms with E-state index in [9.17, 15) is 0 Å². The lowest BCUT2D eigenvalue weighted by molar-refractivity contribution is 0.519. The average molecular weight is 368 g/mol. The second kappa shape index (κ2) is 4.91. The standard InChI is InChI=1S/C18H25I/c1-12(11-19)15-9-13(17(2,3)4)10-16-14(15)7-8-18(16,5)6/h9-11H,7-8H2,1-6H3/b12-11+. The highest BCUT2D eigenvalue weighted by Crippen LogP contribution is 2.43. The van der Waals surface area contributed by atoms with Crippen LogP contribution in [-0.2, 0) is 17.3 Å². The lowest BCUT2D eigenvalue weighted by Crippen LogP contribution is -2.16. The monoisotopic (exact) mass is 368 g/mol. The molecule has 0 radical (unpaired) electrons. The Hall–Kier alpha value is -0.310. The van der Waals surface area contributed by atoms with Gasteiger partial charge in [-0.2, -0.15) is 0 Å². The molecule has 19 heavy (non-hydrogen) atoms. The summed E-state index contributed by atoms with van der Waals surface area (Å²) in [7, 11) is 0. The molecule has 0 unspecified atom stereocenters. The van der Waals surface area contributed by atoms with Gasteiger partial charge in [-0.1, -0.05) is 69.3 Å². The number of rotatable bonds is 1. The van der Waals surface area contributed by atoms with E-state index in [-0.39, 0.29) is 5.41 Å². The maximum absolute atomic E-state index is 2.46. The fourth-order valence-corrected chi connectivity index (χ4v) is 3.30. The van der Waals surface area contributed by atoms with Gasteiger partial charge in [0.05, 0.1) is 0 Å². The molecule has 1 aliphatic carbocycles. The van der Waals surface area contributed by atoms with Gasteiger partial charge in [-0.3, -0.25) is 0 Å². The normalized spacial score (nSPS) is 18.6. The van der Waals surface area contributed by atoms with Crippen molar-refractivity contribution < 1.29 is 0 Å². The Balaban J connectivity index is 2.73. The first kappa shape index (κ1) is 15.1. The smallest absolute Gasteiger partial charge is 0.00973 e. The topological polar surface area (TPSA) is 0 Å². The zero-order chi connectivity index (χ0) is 14.4. The molecule has 0 heterocycles. The van der Waals surface area contributed by atoms with E-state index in [1.807, 2.05) is 0 Å². The zero-order valence-corrected chi connectivity index (χ0v) is 15.2. The summed E-state index contributed by atoms with van der Waals surface area (Å²) in [6.45, 7) is 13.9. The van der Waals surface area contributed by atoms with Gasteiger partial charge < -0.3 is 0 Å². The number of fused-ring (bicyclic) bond motifs is 1. The summed E-state index contributed by atoms with van der Waals surface area (Å²) in [5, 5.41) is 0. The van der Waals surface area contributed by atoms with Crippen molar-refractivity contribution in [3.8, 4) is 0 Å². The molecule has 0 nitrogen and oxygen atoms in total. The van der Waals surface area contributed by atoms with Gasteiger partial charge in [-0.05, 0) is 62.5 Å². The summed E-state index contributed by atoms with van der Waals surface area (Å²) >= 11 is 2.36. The predicted octanol–water partition coefficient (Wildman–Crippen LogP) is 6.00. The number of hydrogen-bond acceptors (Lipinski definition) is 0. The fourth-order valence-electron chi connectivity index (χ4n) is 2.96. The van der Waals surface area contributed by atoms with Crippen molar-refractivity contribution in [1.82, 2.24) is 0 Å². The van der Waals surface area contributed by atoms with E-state index in [1.54, 1.807) is 11.1 Å². The van der Waals surface area contributed by atoms with Gasteiger partial charge in [0.1, 0.15) is 0 Å². The highest BCUT2D eigenvalue weighted by Gasteiger charge is 2.33. The first-order valence-corrected chi connectivity index (χ1v) is 8.36. The molecule has 0 aliphatic heterocycles. The van der Waals surface area contributed by atoms with Crippen LogP contribution < -0.4 is 0 Å². The average Bonchev–Trinajstić information content (AvgIpc) is 2.62. The van der Waals surface area contributed by atoms with Gasteiger partial charge in [-0.15, -0.1) is 0 Å². The van der Waals surface area contributed by atoms with Crippen molar-refractivity contribution in [3.05, 3.63) is 38.5 Å². The lowest BCUT2D eigenvalue weighted by atomic mass is 9.79. The van der Waals surface area contributed by atoms with E-state index >= 15 is 0 Å². The molecule has 0 N–H and O–H groups in total. The summed E-state index contributed by atoms with van der Waals surface area (Å²) in [5.74, 6) is 0. The molecule has 0 atom stereocenters. The fraction of sp³-hybridized carbons (Fsp3) is 0.556. The van der Waals surface area contributed by atoms with Crippen molar-refractivity contribution in [2.45, 2.75) is 65.2 Å². The SMILES string of the molecule is C/C(=C\I)c1cc(C(C)(C)C)cc2c1CCC2(C)C. The number of hydrogen-bond donors (Lipinski definition) is 0. The van der Waals surface area contributed by atoms with Crippen LogP contribution in [0.1, 0.15) is 70.2 Å². The van der Waals surface area contributed by atoms with Crippen molar-refractivity contribution in [1.29, 1.82) is 0 Å². The van der Waals surface area contributed by atoms with E-state index in [2.05, 4.69) is 80.3 Å². The van der Waals surface area contributed by atoms with Crippen LogP contribution in [0.3, 0.4) is 0 Å². The molecule has 0 saturated carbocycles. The van der Waals surface area contributed by atoms with Gasteiger partial charge in [0.15, 0.2) is 0 Å². The summed E-state index contributed by atoms with van der Waals surface area (Å²) in [6, 6.07) is 4.89. The van der Waals surface area contributed by atoms with Crippen molar-refractivity contribution >= 4 is 28.2 Å². The highest BCUT2D eigenvalue weighted by atomic mass is 127. The second-order valence-corrected chi connectivity index (χ2v) is 8.10. The van der Waals surface area contributed by atoms with Crippen LogP contribution in [-0.4, -0.2) is 0 Å². The predicted molar refractivity (Wildman–Crippen MR) is 94.2 cm³/mol. The third-order valence-electron chi connectivity index (χ3n) is 4.43. The molecule has 0 spiro atoms. The number of allylic oxidation sites excluding steroid dienone is 1. The van der Waals surface area contributed by atoms with Gasteiger partial charge in [0, 0.05) is 0 Å². The minimum absolute atomic E-state index is 0.216. The molecule has 104 valence electrons. The molecule has 2 rings (SSSR count). The minimum Gasteiger partial charge on any atom is -0.0561 e. The Morgan fingerprint density at radius 3 is 2.42 bits per heavy atom. The highest BCUT2D eigenvalue weighted by molar-refractivity contribution is 14.1. The van der Waals surface area contributed by atoms with Crippen LogP contribution in [0.4, 0.5) is 0 Å². The van der Waals surface area contributed by atoms with Crippen LogP contribution in [0, 0.1) is 0 Å². The molecular formula is C18H25I. The van der Waals surface area contributed by atoms with Crippen LogP contribution in [0.2, 0.25) is 0 Å². The van der Waals surface area contributed by atoms with E-state index in [0.717, 1.165) is 0 Å². The van der Waals surface area contributed by atoms with Crippen LogP contribution in [0.5, 0.6) is 0 Å². The largest absolute Gasteiger partial charge is 0.0561 e. The van der Waals surface area contributed by atoms with Crippen molar-refractivity contribution in [2.24, 2.45) is 0 Å². The van der Waals surface area contributed by atoms with Crippen LogP contribution in [0.15, 0.2) is 16.2 Å². The maximum Gasteiger partial charge on any atom is -0.00973 e. The summed E-state index contributed by atoms with van der Waals surface area (Å²) in [5.41, 5.74) is 8.05. The van der Waals surface area contributed by atoms with Gasteiger partial charge in [-0.25, -0.2) is 0 Å². The first-order valence-electron chi connectivity index (χ1n) is 7.12. The van der Waals surface area contributed by atoms with Gasteiger partial charge in [0.25, 0.3) is 0 Å². The third kappa shape index (κ3) is 2.76. The van der Waals surface area contributed by atoms with Crippen molar-refractivity contribution in [2.75, 3.05) is 0 Å². The molecule has 1 aromatic carbocycles. The molecule has 0 amide bonds. The Morgan fingerprint density at radius 1 is 1.26 bits per heavy atom. The van der Waals surface area contributed by atoms with E-state index in [1.165, 1.54) is 29.5 Å². The summed E-state index contributed by atoms with van der Waals surface area (Å²) in [4.78, 5) is 0. The zero-order valence-electron chi connectivity index (χ0n) is 13.0. The summed E-state index contributed by atoms with van der Waals surface area (Å²) < 4.78 is 2.21. The molecular weight excluding hydrogens is 343 g/mol. The second-order valence-electron chi connectivity index (χ2n) is 7.48. The quantitative estimate of drug-likeness (QED) is 0.533. The number of benzene rings is 1. The molecule has 0 fully saturated rings. The molecule has 0 aromatic heterocycles. The van der Waals surface area contributed by atoms with E-state index in [0.29, 0.717) is 5.41 Å². The Kier molecular flexibility index (Phi) is 3.90. The Morgan fingerprint density at radius 2 is 1.89 bits per heavy atom. The van der Waals surface area contributed by atoms with E-state index in [4.69, 9.17) is 0 Å². The molecule has 1 heteroatoms. The molecule has 1 aliphatic rings. The maximum atomic E-state index is 2.46. The molecule has 1 aromatic rings. The lowest BCUT2D eigenvalue weighted by Gasteiger charge is -2.26. The van der Waals surface area contributed by atoms with Crippen LogP contribution >= 0.6 is 22.6 Å². The Labute approximate surface area is 131 Å². The van der Waals surface area contributed by atoms with Gasteiger partial charge in [0.2, 0.25) is 0 Å². The third-order valence-corrected chi connectivity index (χ3v) is 5.37. The minimum atomic E-state index is 0.216. The molecule has 0 bridgehead atoms. The Bertz CT molecular complexity index is 527. The van der Waals surface area contributed by atoms with Crippen molar-refractivity contribution in [3.63, 3.8) is 0 Å². The van der Waals surface area contributed by atoms with Crippen LogP contribution in [0.25, 0.3) is 5.57 Å². The van der Waals surface area contributed by atoms with Gasteiger partial charge >= 0.3 is 0 Å². The molecule has 0 saturated heterocycles. The summed E-state index contributed by atoms with van der Waals surface area (Å²) in [6.07, 6.45) is 2.50.